The molecule has 5 rings (SSSR count). The summed E-state index contributed by atoms with van der Waals surface area (Å²) in [5.41, 5.74) is -1.18. The number of hydrogen-bond donors (Lipinski definition) is 0. The van der Waals surface area contributed by atoms with Gasteiger partial charge in [0.25, 0.3) is 22.2 Å². The van der Waals surface area contributed by atoms with Crippen molar-refractivity contribution in [3.63, 3.8) is 0 Å². The van der Waals surface area contributed by atoms with Crippen molar-refractivity contribution in [2.24, 2.45) is 0 Å². The zero-order valence-corrected chi connectivity index (χ0v) is 67.2. The Morgan fingerprint density at radius 1 is 0.202 bits per heavy atom. The lowest BCUT2D eigenvalue weighted by Gasteiger charge is -2.24. The van der Waals surface area contributed by atoms with Gasteiger partial charge in [0, 0.05) is 111 Å². The summed E-state index contributed by atoms with van der Waals surface area (Å²) in [6.45, 7) is 20.0. The van der Waals surface area contributed by atoms with Crippen molar-refractivity contribution in [2.45, 2.75) is 428 Å². The van der Waals surface area contributed by atoms with E-state index < -0.39 is 34.1 Å². The first-order valence-corrected chi connectivity index (χ1v) is 43.2. The topological polar surface area (TPSA) is 176 Å². The third-order valence-electron chi connectivity index (χ3n) is 21.9. The number of rotatable bonds is 62. The maximum atomic E-state index is 15.9. The summed E-state index contributed by atoms with van der Waals surface area (Å²) in [6, 6.07) is 7.60. The minimum Gasteiger partial charge on any atom is -0.300 e. The molecule has 0 radical (unpaired) electrons. The second-order valence-corrected chi connectivity index (χ2v) is 30.7. The largest absolute Gasteiger partial charge is 0.330 e. The molecule has 0 aliphatic carbocycles. The van der Waals surface area contributed by atoms with Crippen LogP contribution in [0, 0.1) is 0 Å². The van der Waals surface area contributed by atoms with E-state index in [-0.39, 0.29) is 71.2 Å². The molecule has 0 spiro atoms. The third-order valence-corrected chi connectivity index (χ3v) is 21.9. The van der Waals surface area contributed by atoms with Gasteiger partial charge in [-0.1, -0.05) is 336 Å². The van der Waals surface area contributed by atoms with E-state index in [0.717, 1.165) is 283 Å². The zero-order valence-electron chi connectivity index (χ0n) is 67.2. The van der Waals surface area contributed by atoms with Crippen molar-refractivity contribution in [2.75, 3.05) is 0 Å². The van der Waals surface area contributed by atoms with Gasteiger partial charge in [-0.05, 0) is 62.5 Å². The molecule has 16 heteroatoms. The lowest BCUT2D eigenvalue weighted by Crippen LogP contribution is -2.45. The third kappa shape index (κ3) is 29.3. The molecule has 104 heavy (non-hydrogen) atoms. The highest BCUT2D eigenvalue weighted by molar-refractivity contribution is 5.46. The zero-order chi connectivity index (χ0) is 75.1. The highest BCUT2D eigenvalue weighted by Gasteiger charge is 2.32. The summed E-state index contributed by atoms with van der Waals surface area (Å²) in [5, 5.41) is 0. The van der Waals surface area contributed by atoms with Crippen LogP contribution in [-0.2, 0) is 52.4 Å². The molecule has 0 saturated heterocycles. The van der Waals surface area contributed by atoms with E-state index in [2.05, 4.69) is 55.4 Å². The second-order valence-electron chi connectivity index (χ2n) is 30.7. The smallest absolute Gasteiger partial charge is 0.300 e. The molecule has 0 fully saturated rings. The summed E-state index contributed by atoms with van der Waals surface area (Å²) < 4.78 is 12.4. The van der Waals surface area contributed by atoms with E-state index >= 15 is 19.2 Å². The van der Waals surface area contributed by atoms with Gasteiger partial charge in [-0.3, -0.25) is 37.4 Å². The molecule has 0 aliphatic heterocycles. The molecule has 4 heterocycles. The molecule has 16 nitrogen and oxygen atoms in total. The molecule has 0 aliphatic rings. The van der Waals surface area contributed by atoms with E-state index in [9.17, 15) is 19.2 Å². The SMILES string of the molecule is CCCCCCCCn1cc(C(c2ccc(C(c3cn(CCCCCCCC)c(=O)n(CCCCCCCC)c3=O)c3cn(CCCCCCCC)c(=O)n(CCCCCCCC)c3=O)cc2)c2cn(CCCCCCCC)c(=O)n(CCCCCCCC)c2=O)c(=O)n(CCCCCCCC)c1=O. The lowest BCUT2D eigenvalue weighted by molar-refractivity contribution is 0.477. The maximum Gasteiger partial charge on any atom is 0.330 e. The predicted molar refractivity (Wildman–Crippen MR) is 435 cm³/mol. The summed E-state index contributed by atoms with van der Waals surface area (Å²) in [4.78, 5) is 123. The molecule has 5 aromatic rings. The van der Waals surface area contributed by atoms with Crippen LogP contribution >= 0.6 is 0 Å². The first kappa shape index (κ1) is 88.6. The van der Waals surface area contributed by atoms with Gasteiger partial charge < -0.3 is 18.3 Å². The van der Waals surface area contributed by atoms with Crippen LogP contribution in [-0.4, -0.2) is 36.5 Å². The molecule has 0 unspecified atom stereocenters. The molecule has 0 atom stereocenters. The van der Waals surface area contributed by atoms with Gasteiger partial charge in [0.1, 0.15) is 0 Å². The van der Waals surface area contributed by atoms with Gasteiger partial charge in [-0.25, -0.2) is 19.2 Å². The Hall–Kier alpha value is -6.06. The molecule has 586 valence electrons. The predicted octanol–water partition coefficient (Wildman–Crippen LogP) is 20.2. The Morgan fingerprint density at radius 3 is 0.510 bits per heavy atom. The van der Waals surface area contributed by atoms with Gasteiger partial charge in [0.2, 0.25) is 0 Å². The fourth-order valence-corrected chi connectivity index (χ4v) is 15.3. The van der Waals surface area contributed by atoms with Gasteiger partial charge in [0.15, 0.2) is 0 Å². The van der Waals surface area contributed by atoms with Crippen molar-refractivity contribution < 1.29 is 0 Å². The van der Waals surface area contributed by atoms with Crippen LogP contribution in [0.4, 0.5) is 0 Å². The average Bonchev–Trinajstić information content (AvgIpc) is 0.753. The normalized spacial score (nSPS) is 11.8. The van der Waals surface area contributed by atoms with E-state index in [0.29, 0.717) is 63.0 Å². The molecule has 0 saturated carbocycles. The summed E-state index contributed by atoms with van der Waals surface area (Å²) in [7, 11) is 0. The maximum absolute atomic E-state index is 15.9. The summed E-state index contributed by atoms with van der Waals surface area (Å²) in [5.74, 6) is -2.13. The lowest BCUT2D eigenvalue weighted by atomic mass is 9.83. The van der Waals surface area contributed by atoms with Crippen molar-refractivity contribution in [1.82, 2.24) is 36.5 Å². The van der Waals surface area contributed by atoms with Gasteiger partial charge >= 0.3 is 22.8 Å². The quantitative estimate of drug-likeness (QED) is 0.0345. The van der Waals surface area contributed by atoms with Crippen LogP contribution in [0.25, 0.3) is 0 Å². The molecule has 1 aromatic carbocycles. The van der Waals surface area contributed by atoms with E-state index in [1.165, 1.54) is 18.3 Å². The highest BCUT2D eigenvalue weighted by Crippen LogP contribution is 2.34. The Labute approximate surface area is 626 Å². The fourth-order valence-electron chi connectivity index (χ4n) is 15.3. The van der Waals surface area contributed by atoms with Crippen LogP contribution in [0.5, 0.6) is 0 Å². The number of nitrogens with zero attached hydrogens (tertiary/aromatic N) is 8. The molecule has 0 N–H and O–H groups in total. The van der Waals surface area contributed by atoms with Crippen molar-refractivity contribution in [3.8, 4) is 0 Å². The Kier molecular flexibility index (Phi) is 45.0. The molecular weight excluding hydrogens is 1300 g/mol. The molecule has 0 bridgehead atoms. The van der Waals surface area contributed by atoms with Crippen LogP contribution in [0.2, 0.25) is 0 Å². The van der Waals surface area contributed by atoms with Crippen LogP contribution < -0.4 is 45.0 Å². The number of hydrogen-bond acceptors (Lipinski definition) is 8. The number of benzene rings is 1. The van der Waals surface area contributed by atoms with Gasteiger partial charge in [-0.2, -0.15) is 0 Å². The van der Waals surface area contributed by atoms with Crippen LogP contribution in [0.3, 0.4) is 0 Å². The standard InChI is InChI=1S/C88H146N8O8/c1-9-17-25-33-41-49-61-89-69-75(81(97)93(85(89)101)65-53-45-37-29-21-13-5)79(76-70-90(62-50-42-34-26-18-10-2)86(102)94(82(76)98)66-54-46-38-30-22-14-6)73-57-59-74(60-58-73)80(77-71-91(63-51-43-35-27-19-11-3)87(103)95(83(77)99)67-55-47-39-31-23-15-7)78-72-92(64-52-44-36-28-20-12-4)88(104)96(84(78)100)68-56-48-40-32-24-16-8/h57-60,69-72,79-80H,9-56,61-68H2,1-8H3. The van der Waals surface area contributed by atoms with Crippen molar-refractivity contribution in [3.05, 3.63) is 166 Å². The monoisotopic (exact) mass is 1440 g/mol. The summed E-state index contributed by atoms with van der Waals surface area (Å²) in [6.07, 6.45) is 54.0. The Morgan fingerprint density at radius 2 is 0.346 bits per heavy atom. The summed E-state index contributed by atoms with van der Waals surface area (Å²) >= 11 is 0. The first-order chi connectivity index (χ1) is 50.8. The van der Waals surface area contributed by atoms with Gasteiger partial charge in [0.05, 0.1) is 0 Å². The first-order valence-electron chi connectivity index (χ1n) is 43.2. The van der Waals surface area contributed by atoms with E-state index in [1.807, 2.05) is 24.3 Å². The molecular formula is C88H146N8O8. The van der Waals surface area contributed by atoms with E-state index in [4.69, 9.17) is 0 Å². The van der Waals surface area contributed by atoms with Gasteiger partial charge in [-0.15, -0.1) is 0 Å². The minimum absolute atomic E-state index is 0.218. The Balaban J connectivity index is 1.93. The minimum atomic E-state index is -1.07. The molecule has 4 aromatic heterocycles. The van der Waals surface area contributed by atoms with Crippen molar-refractivity contribution in [1.29, 1.82) is 0 Å². The number of unbranched alkanes of at least 4 members (excludes halogenated alkanes) is 40. The fraction of sp³-hybridized carbons (Fsp3) is 0.750. The highest BCUT2D eigenvalue weighted by atomic mass is 16.2. The Bertz CT molecular complexity index is 3220. The van der Waals surface area contributed by atoms with Crippen LogP contribution in [0.15, 0.2) is 87.4 Å². The van der Waals surface area contributed by atoms with Crippen molar-refractivity contribution >= 4 is 0 Å². The van der Waals surface area contributed by atoms with E-state index in [1.54, 1.807) is 43.1 Å². The molecule has 0 amide bonds. The van der Waals surface area contributed by atoms with Crippen LogP contribution in [0.1, 0.15) is 409 Å². The number of aromatic nitrogens is 8. The number of aryl methyl sites for hydroxylation is 4. The second kappa shape index (κ2) is 52.8. The average molecular weight is 1440 g/mol.